The molecule has 0 aromatic heterocycles. The molecular weight excluding hydrogens is 452 g/mol. The third kappa shape index (κ3) is 3.42. The van der Waals surface area contributed by atoms with Gasteiger partial charge in [-0.3, -0.25) is 4.79 Å². The number of carbonyl (C=O) groups is 1. The van der Waals surface area contributed by atoms with Gasteiger partial charge in [0.25, 0.3) is 0 Å². The molecule has 0 aliphatic heterocycles. The maximum absolute atomic E-state index is 14.6. The van der Waals surface area contributed by atoms with E-state index in [1.807, 2.05) is 12.1 Å². The minimum atomic E-state index is -2.98. The standard InChI is InChI=1S/C34H26OSi/c1-25-22-23-30-31(24-25)32(26-14-6-2-7-15-26)34(33(30)35)36(27-16-8-3-9-17-27,28-18-10-4-11-19-28)29-20-12-5-13-21-29/h2-24H,1H3. The summed E-state index contributed by atoms with van der Waals surface area (Å²) in [6.07, 6.45) is 0. The average molecular weight is 479 g/mol. The van der Waals surface area contributed by atoms with Crippen LogP contribution in [0.1, 0.15) is 27.0 Å². The maximum Gasteiger partial charge on any atom is 0.187 e. The van der Waals surface area contributed by atoms with Crippen LogP contribution < -0.4 is 15.6 Å². The van der Waals surface area contributed by atoms with E-state index in [1.165, 1.54) is 15.6 Å². The molecule has 5 aromatic rings. The lowest BCUT2D eigenvalue weighted by molar-refractivity contribution is 0.104. The number of fused-ring (bicyclic) bond motifs is 1. The lowest BCUT2D eigenvalue weighted by Crippen LogP contribution is -2.69. The van der Waals surface area contributed by atoms with E-state index in [0.29, 0.717) is 0 Å². The molecule has 1 aliphatic rings. The molecule has 0 atom stereocenters. The summed E-state index contributed by atoms with van der Waals surface area (Å²) in [4.78, 5) is 14.6. The topological polar surface area (TPSA) is 17.1 Å². The summed E-state index contributed by atoms with van der Waals surface area (Å²) in [5, 5.41) is 4.58. The SMILES string of the molecule is Cc1ccc2c(c1)C(c1ccccc1)=C([Si](c1ccccc1)(c1ccccc1)c1ccccc1)C2=O. The van der Waals surface area contributed by atoms with Gasteiger partial charge in [0.1, 0.15) is 0 Å². The molecule has 1 aliphatic carbocycles. The Morgan fingerprint density at radius 3 is 1.42 bits per heavy atom. The number of allylic oxidation sites excluding steroid dienone is 1. The van der Waals surface area contributed by atoms with Gasteiger partial charge in [-0.1, -0.05) is 145 Å². The van der Waals surface area contributed by atoms with Gasteiger partial charge in [-0.05, 0) is 39.2 Å². The van der Waals surface area contributed by atoms with Gasteiger partial charge in [0.2, 0.25) is 0 Å². The van der Waals surface area contributed by atoms with E-state index in [-0.39, 0.29) is 5.78 Å². The van der Waals surface area contributed by atoms with Crippen molar-refractivity contribution in [3.05, 3.63) is 167 Å². The van der Waals surface area contributed by atoms with E-state index in [0.717, 1.165) is 33.0 Å². The molecule has 0 saturated carbocycles. The predicted molar refractivity (Wildman–Crippen MR) is 152 cm³/mol. The number of Topliss-reactive ketones (excluding diaryl/α,β-unsaturated/α-hetero) is 1. The highest BCUT2D eigenvalue weighted by Crippen LogP contribution is 2.41. The van der Waals surface area contributed by atoms with Crippen molar-refractivity contribution in [2.45, 2.75) is 6.92 Å². The summed E-state index contributed by atoms with van der Waals surface area (Å²) in [6.45, 7) is 2.10. The molecule has 0 bridgehead atoms. The third-order valence-electron chi connectivity index (χ3n) is 7.22. The van der Waals surface area contributed by atoms with Crippen LogP contribution in [0.4, 0.5) is 0 Å². The Bertz CT molecular complexity index is 1470. The number of hydrogen-bond acceptors (Lipinski definition) is 1. The van der Waals surface area contributed by atoms with Crippen LogP contribution in [0.25, 0.3) is 5.57 Å². The fourth-order valence-corrected chi connectivity index (χ4v) is 10.8. The number of ketones is 1. The zero-order valence-corrected chi connectivity index (χ0v) is 21.2. The van der Waals surface area contributed by atoms with Crippen LogP contribution in [0, 0.1) is 6.92 Å². The summed E-state index contributed by atoms with van der Waals surface area (Å²) in [5.74, 6) is 0.145. The van der Waals surface area contributed by atoms with Gasteiger partial charge < -0.3 is 0 Å². The van der Waals surface area contributed by atoms with Crippen LogP contribution in [0.15, 0.2) is 145 Å². The molecule has 0 fully saturated rings. The third-order valence-corrected chi connectivity index (χ3v) is 12.0. The van der Waals surface area contributed by atoms with Crippen LogP contribution in [-0.4, -0.2) is 13.9 Å². The number of benzene rings is 5. The van der Waals surface area contributed by atoms with Crippen molar-refractivity contribution in [2.24, 2.45) is 0 Å². The zero-order chi connectivity index (χ0) is 24.5. The first kappa shape index (κ1) is 22.2. The maximum atomic E-state index is 14.6. The lowest BCUT2D eigenvalue weighted by atomic mass is 9.97. The quantitative estimate of drug-likeness (QED) is 0.234. The highest BCUT2D eigenvalue weighted by molar-refractivity contribution is 7.19. The Morgan fingerprint density at radius 2 is 0.944 bits per heavy atom. The van der Waals surface area contributed by atoms with Crippen molar-refractivity contribution in [1.82, 2.24) is 0 Å². The second-order valence-corrected chi connectivity index (χ2v) is 13.1. The fourth-order valence-electron chi connectivity index (χ4n) is 5.71. The molecular formula is C34H26OSi. The van der Waals surface area contributed by atoms with Gasteiger partial charge in [-0.15, -0.1) is 0 Å². The normalized spacial score (nSPS) is 13.1. The zero-order valence-electron chi connectivity index (χ0n) is 20.2. The van der Waals surface area contributed by atoms with E-state index in [9.17, 15) is 4.79 Å². The van der Waals surface area contributed by atoms with Crippen molar-refractivity contribution >= 4 is 35.0 Å². The molecule has 0 unspecified atom stereocenters. The molecule has 0 amide bonds. The predicted octanol–water partition coefficient (Wildman–Crippen LogP) is 5.70. The monoisotopic (exact) mass is 478 g/mol. The second kappa shape index (κ2) is 9.07. The van der Waals surface area contributed by atoms with Gasteiger partial charge in [-0.25, -0.2) is 0 Å². The van der Waals surface area contributed by atoms with Crippen LogP contribution in [0.3, 0.4) is 0 Å². The van der Waals surface area contributed by atoms with Crippen molar-refractivity contribution in [1.29, 1.82) is 0 Å². The molecule has 6 rings (SSSR count). The molecule has 0 heterocycles. The molecule has 172 valence electrons. The van der Waals surface area contributed by atoms with Crippen LogP contribution >= 0.6 is 0 Å². The Hall–Kier alpha value is -4.27. The summed E-state index contributed by atoms with van der Waals surface area (Å²) in [6, 6.07) is 48.7. The highest BCUT2D eigenvalue weighted by Gasteiger charge is 2.50. The van der Waals surface area contributed by atoms with Crippen LogP contribution in [-0.2, 0) is 0 Å². The van der Waals surface area contributed by atoms with Crippen LogP contribution in [0.5, 0.6) is 0 Å². The van der Waals surface area contributed by atoms with Crippen molar-refractivity contribution in [3.63, 3.8) is 0 Å². The number of carbonyl (C=O) groups excluding carboxylic acids is 1. The van der Waals surface area contributed by atoms with E-state index in [2.05, 4.69) is 134 Å². The van der Waals surface area contributed by atoms with Gasteiger partial charge in [0.05, 0.1) is 0 Å². The first-order chi connectivity index (χ1) is 17.7. The molecule has 0 radical (unpaired) electrons. The Balaban J connectivity index is 1.84. The molecule has 0 spiro atoms. The van der Waals surface area contributed by atoms with Crippen LogP contribution in [0.2, 0.25) is 0 Å². The average Bonchev–Trinajstić information content (AvgIpc) is 3.23. The smallest absolute Gasteiger partial charge is 0.187 e. The van der Waals surface area contributed by atoms with Crippen molar-refractivity contribution < 1.29 is 4.79 Å². The summed E-state index contributed by atoms with van der Waals surface area (Å²) in [5.41, 5.74) is 5.16. The van der Waals surface area contributed by atoms with Gasteiger partial charge in [-0.2, -0.15) is 0 Å². The Morgan fingerprint density at radius 1 is 0.500 bits per heavy atom. The first-order valence-corrected chi connectivity index (χ1v) is 14.3. The Labute approximate surface area is 213 Å². The highest BCUT2D eigenvalue weighted by atomic mass is 28.3. The number of hydrogen-bond donors (Lipinski definition) is 0. The molecule has 2 heteroatoms. The van der Waals surface area contributed by atoms with Crippen molar-refractivity contribution in [2.75, 3.05) is 0 Å². The van der Waals surface area contributed by atoms with Gasteiger partial charge in [0, 0.05) is 10.8 Å². The molecule has 0 saturated heterocycles. The van der Waals surface area contributed by atoms with Gasteiger partial charge in [0.15, 0.2) is 13.9 Å². The van der Waals surface area contributed by atoms with E-state index in [1.54, 1.807) is 0 Å². The van der Waals surface area contributed by atoms with E-state index in [4.69, 9.17) is 0 Å². The number of aryl methyl sites for hydroxylation is 1. The summed E-state index contributed by atoms with van der Waals surface area (Å²) < 4.78 is 0. The molecule has 36 heavy (non-hydrogen) atoms. The van der Waals surface area contributed by atoms with Gasteiger partial charge >= 0.3 is 0 Å². The minimum absolute atomic E-state index is 0.145. The Kier molecular flexibility index (Phi) is 5.59. The largest absolute Gasteiger partial charge is 0.289 e. The molecule has 0 N–H and O–H groups in total. The second-order valence-electron chi connectivity index (χ2n) is 9.34. The number of rotatable bonds is 5. The minimum Gasteiger partial charge on any atom is -0.289 e. The summed E-state index contributed by atoms with van der Waals surface area (Å²) in [7, 11) is -2.98. The van der Waals surface area contributed by atoms with Crippen molar-refractivity contribution in [3.8, 4) is 0 Å². The summed E-state index contributed by atoms with van der Waals surface area (Å²) >= 11 is 0. The lowest BCUT2D eigenvalue weighted by Gasteiger charge is -2.35. The first-order valence-electron chi connectivity index (χ1n) is 12.3. The fraction of sp³-hybridized carbons (Fsp3) is 0.0294. The molecule has 1 nitrogen and oxygen atoms in total. The van der Waals surface area contributed by atoms with E-state index >= 15 is 0 Å². The van der Waals surface area contributed by atoms with E-state index < -0.39 is 8.07 Å². The molecule has 5 aromatic carbocycles.